The van der Waals surface area contributed by atoms with Crippen LogP contribution in [-0.2, 0) is 0 Å². The van der Waals surface area contributed by atoms with E-state index in [-0.39, 0.29) is 0 Å². The fourth-order valence-corrected chi connectivity index (χ4v) is 3.60. The van der Waals surface area contributed by atoms with E-state index in [4.69, 9.17) is 10.7 Å². The summed E-state index contributed by atoms with van der Waals surface area (Å²) in [6, 6.07) is 4.95. The number of nitrogens with zero attached hydrogens (tertiary/aromatic N) is 3. The summed E-state index contributed by atoms with van der Waals surface area (Å²) < 4.78 is 1.91. The quantitative estimate of drug-likeness (QED) is 0.911. The van der Waals surface area contributed by atoms with Gasteiger partial charge >= 0.3 is 0 Å². The molecule has 0 bridgehead atoms. The zero-order valence-corrected chi connectivity index (χ0v) is 13.4. The highest BCUT2D eigenvalue weighted by molar-refractivity contribution is 5.50. The third-order valence-electron chi connectivity index (χ3n) is 5.73. The van der Waals surface area contributed by atoms with Crippen molar-refractivity contribution in [2.45, 2.75) is 64.0 Å². The van der Waals surface area contributed by atoms with Crippen molar-refractivity contribution in [2.75, 3.05) is 5.32 Å². The molecule has 3 atom stereocenters. The molecule has 2 heterocycles. The van der Waals surface area contributed by atoms with Gasteiger partial charge in [0.1, 0.15) is 5.82 Å². The van der Waals surface area contributed by atoms with Crippen LogP contribution in [0.25, 0.3) is 5.65 Å². The summed E-state index contributed by atoms with van der Waals surface area (Å²) in [7, 11) is 0. The summed E-state index contributed by atoms with van der Waals surface area (Å²) in [4.78, 5) is 4.83. The van der Waals surface area contributed by atoms with Gasteiger partial charge in [0.25, 0.3) is 0 Å². The summed E-state index contributed by atoms with van der Waals surface area (Å²) in [5.74, 6) is 1.54. The van der Waals surface area contributed by atoms with Crippen LogP contribution in [0.15, 0.2) is 18.3 Å². The molecule has 0 spiro atoms. The van der Waals surface area contributed by atoms with Gasteiger partial charge in [-0.1, -0.05) is 13.8 Å². The fraction of sp³-hybridized carbons (Fsp3) is 0.647. The zero-order chi connectivity index (χ0) is 15.3. The minimum absolute atomic E-state index is 0.330. The number of hydrogen-bond donors (Lipinski definition) is 2. The Kier molecular flexibility index (Phi) is 3.15. The van der Waals surface area contributed by atoms with Gasteiger partial charge in [-0.05, 0) is 37.5 Å². The van der Waals surface area contributed by atoms with Crippen LogP contribution in [0.1, 0.15) is 57.6 Å². The largest absolute Gasteiger partial charge is 0.367 e. The standard InChI is InChI=1S/C17H25N5/c1-11(17(2)6-7-17)14-10-16(20-13-4-3-12(18)9-13)22-15(21-14)5-8-19-22/h5,8,10-13,20H,3-4,6-7,9,18H2,1-2H3/t11-,12-,13-/m0/s1. The number of fused-ring (bicyclic) bond motifs is 1. The molecule has 4 rings (SSSR count). The molecule has 22 heavy (non-hydrogen) atoms. The Morgan fingerprint density at radius 1 is 1.41 bits per heavy atom. The van der Waals surface area contributed by atoms with Crippen LogP contribution in [0.2, 0.25) is 0 Å². The van der Waals surface area contributed by atoms with Gasteiger partial charge < -0.3 is 11.1 Å². The van der Waals surface area contributed by atoms with Gasteiger partial charge in [0, 0.05) is 35.8 Å². The van der Waals surface area contributed by atoms with E-state index in [1.54, 1.807) is 0 Å². The fourth-order valence-electron chi connectivity index (χ4n) is 3.60. The summed E-state index contributed by atoms with van der Waals surface area (Å²) in [5.41, 5.74) is 8.58. The van der Waals surface area contributed by atoms with Gasteiger partial charge in [-0.15, -0.1) is 0 Å². The maximum atomic E-state index is 6.04. The Morgan fingerprint density at radius 2 is 2.23 bits per heavy atom. The lowest BCUT2D eigenvalue weighted by Gasteiger charge is -2.21. The summed E-state index contributed by atoms with van der Waals surface area (Å²) in [6.45, 7) is 4.67. The van der Waals surface area contributed by atoms with E-state index in [9.17, 15) is 0 Å². The van der Waals surface area contributed by atoms with Crippen LogP contribution in [0.5, 0.6) is 0 Å². The van der Waals surface area contributed by atoms with E-state index in [0.29, 0.717) is 23.4 Å². The van der Waals surface area contributed by atoms with E-state index >= 15 is 0 Å². The van der Waals surface area contributed by atoms with Gasteiger partial charge in [-0.3, -0.25) is 0 Å². The maximum Gasteiger partial charge on any atom is 0.157 e. The maximum absolute atomic E-state index is 6.04. The molecular weight excluding hydrogens is 274 g/mol. The second-order valence-corrected chi connectivity index (χ2v) is 7.46. The Bertz CT molecular complexity index is 687. The van der Waals surface area contributed by atoms with Crippen molar-refractivity contribution < 1.29 is 0 Å². The van der Waals surface area contributed by atoms with Crippen molar-refractivity contribution in [3.8, 4) is 0 Å². The van der Waals surface area contributed by atoms with Crippen LogP contribution in [0.3, 0.4) is 0 Å². The third kappa shape index (κ3) is 2.37. The summed E-state index contributed by atoms with van der Waals surface area (Å²) in [6.07, 6.45) is 7.71. The monoisotopic (exact) mass is 299 g/mol. The number of nitrogens with one attached hydrogen (secondary N) is 1. The van der Waals surface area contributed by atoms with E-state index in [2.05, 4.69) is 30.3 Å². The Morgan fingerprint density at radius 3 is 2.91 bits per heavy atom. The van der Waals surface area contributed by atoms with Crippen molar-refractivity contribution in [2.24, 2.45) is 11.1 Å². The molecule has 2 aliphatic carbocycles. The van der Waals surface area contributed by atoms with Gasteiger partial charge in [0.15, 0.2) is 5.65 Å². The molecule has 0 aliphatic heterocycles. The van der Waals surface area contributed by atoms with Crippen molar-refractivity contribution >= 4 is 11.5 Å². The first kappa shape index (κ1) is 14.0. The second kappa shape index (κ2) is 4.95. The summed E-state index contributed by atoms with van der Waals surface area (Å²) in [5, 5.41) is 8.07. The molecule has 3 N–H and O–H groups in total. The average Bonchev–Trinajstić information content (AvgIpc) is 2.90. The first-order valence-electron chi connectivity index (χ1n) is 8.42. The Labute approximate surface area is 131 Å². The SMILES string of the molecule is C[C@@H](c1cc(N[C@H]2CC[C@H](N)C2)n2nccc2n1)C1(C)CC1. The molecule has 0 radical (unpaired) electrons. The number of aromatic nitrogens is 3. The molecule has 2 aromatic rings. The van der Waals surface area contributed by atoms with E-state index in [0.717, 1.165) is 30.7 Å². The van der Waals surface area contributed by atoms with E-state index < -0.39 is 0 Å². The molecular formula is C17H25N5. The molecule has 2 fully saturated rings. The van der Waals surface area contributed by atoms with E-state index in [1.807, 2.05) is 16.8 Å². The van der Waals surface area contributed by atoms with Crippen molar-refractivity contribution in [1.82, 2.24) is 14.6 Å². The molecule has 0 amide bonds. The minimum Gasteiger partial charge on any atom is -0.367 e. The lowest BCUT2D eigenvalue weighted by atomic mass is 9.89. The Balaban J connectivity index is 1.68. The normalized spacial score (nSPS) is 28.0. The van der Waals surface area contributed by atoms with E-state index in [1.165, 1.54) is 18.5 Å². The van der Waals surface area contributed by atoms with Gasteiger partial charge in [-0.2, -0.15) is 9.61 Å². The van der Waals surface area contributed by atoms with Crippen LogP contribution < -0.4 is 11.1 Å². The Hall–Kier alpha value is -1.62. The molecule has 5 nitrogen and oxygen atoms in total. The molecule has 2 saturated carbocycles. The van der Waals surface area contributed by atoms with Gasteiger partial charge in [-0.25, -0.2) is 4.98 Å². The molecule has 0 unspecified atom stereocenters. The second-order valence-electron chi connectivity index (χ2n) is 7.46. The lowest BCUT2D eigenvalue weighted by Crippen LogP contribution is -2.22. The predicted octanol–water partition coefficient (Wildman–Crippen LogP) is 2.92. The lowest BCUT2D eigenvalue weighted by molar-refractivity contribution is 0.460. The number of rotatable bonds is 4. The number of hydrogen-bond acceptors (Lipinski definition) is 4. The van der Waals surface area contributed by atoms with Crippen molar-refractivity contribution in [1.29, 1.82) is 0 Å². The first-order valence-corrected chi connectivity index (χ1v) is 8.42. The average molecular weight is 299 g/mol. The molecule has 0 saturated heterocycles. The molecule has 2 aliphatic rings. The zero-order valence-electron chi connectivity index (χ0n) is 13.4. The predicted molar refractivity (Wildman–Crippen MR) is 88.0 cm³/mol. The van der Waals surface area contributed by atoms with Crippen LogP contribution in [0, 0.1) is 5.41 Å². The molecule has 0 aromatic carbocycles. The van der Waals surface area contributed by atoms with Gasteiger partial charge in [0.05, 0.1) is 6.20 Å². The van der Waals surface area contributed by atoms with Crippen LogP contribution in [0.4, 0.5) is 5.82 Å². The number of nitrogens with two attached hydrogens (primary N) is 1. The van der Waals surface area contributed by atoms with Crippen LogP contribution >= 0.6 is 0 Å². The summed E-state index contributed by atoms with van der Waals surface area (Å²) >= 11 is 0. The first-order chi connectivity index (χ1) is 10.5. The van der Waals surface area contributed by atoms with Crippen molar-refractivity contribution in [3.05, 3.63) is 24.0 Å². The third-order valence-corrected chi connectivity index (χ3v) is 5.73. The molecule has 2 aromatic heterocycles. The minimum atomic E-state index is 0.330. The smallest absolute Gasteiger partial charge is 0.157 e. The van der Waals surface area contributed by atoms with Gasteiger partial charge in [0.2, 0.25) is 0 Å². The highest BCUT2D eigenvalue weighted by Crippen LogP contribution is 2.55. The molecule has 5 heteroatoms. The van der Waals surface area contributed by atoms with Crippen LogP contribution in [-0.4, -0.2) is 26.7 Å². The topological polar surface area (TPSA) is 68.2 Å². The number of anilines is 1. The molecule has 118 valence electrons. The highest BCUT2D eigenvalue weighted by atomic mass is 15.3. The van der Waals surface area contributed by atoms with Crippen molar-refractivity contribution in [3.63, 3.8) is 0 Å². The highest BCUT2D eigenvalue weighted by Gasteiger charge is 2.43.